The quantitative estimate of drug-likeness (QED) is 0.558. The molecule has 0 saturated heterocycles. The van der Waals surface area contributed by atoms with E-state index in [-0.39, 0.29) is 38.1 Å². The van der Waals surface area contributed by atoms with Gasteiger partial charge in [-0.1, -0.05) is 24.3 Å². The number of para-hydroxylation sites is 3. The zero-order valence-electron chi connectivity index (χ0n) is 15.9. The average molecular weight is 397 g/mol. The summed E-state index contributed by atoms with van der Waals surface area (Å²) in [7, 11) is 0. The summed E-state index contributed by atoms with van der Waals surface area (Å²) in [6.45, 7) is 0.646. The predicted octanol–water partition coefficient (Wildman–Crippen LogP) is 1.65. The summed E-state index contributed by atoms with van der Waals surface area (Å²) in [6, 6.07) is 14.5. The monoisotopic (exact) mass is 397 g/mol. The summed E-state index contributed by atoms with van der Waals surface area (Å²) in [4.78, 5) is 28.9. The number of amides is 2. The van der Waals surface area contributed by atoms with Crippen LogP contribution in [0.3, 0.4) is 0 Å². The molecule has 0 aliphatic carbocycles. The summed E-state index contributed by atoms with van der Waals surface area (Å²) in [5.74, 6) is 0.0209. The minimum Gasteiger partial charge on any atom is -0.483 e. The van der Waals surface area contributed by atoms with Gasteiger partial charge in [-0.2, -0.15) is 0 Å². The normalized spacial score (nSPS) is 13.0. The SMILES string of the molecule is O=C(COc1ccccc1C1=Nc2ccccc2NC(=O)C1)NCCOCCO. The van der Waals surface area contributed by atoms with Gasteiger partial charge in [0.2, 0.25) is 5.91 Å². The first-order valence-corrected chi connectivity index (χ1v) is 9.31. The molecule has 1 aliphatic rings. The number of aliphatic hydroxyl groups excluding tert-OH is 1. The Morgan fingerprint density at radius 1 is 1.14 bits per heavy atom. The van der Waals surface area contributed by atoms with Crippen molar-refractivity contribution in [3.8, 4) is 5.75 Å². The molecule has 0 aromatic heterocycles. The number of anilines is 1. The minimum absolute atomic E-state index is 0.0553. The Hall–Kier alpha value is -3.23. The van der Waals surface area contributed by atoms with E-state index in [1.54, 1.807) is 18.2 Å². The zero-order valence-corrected chi connectivity index (χ0v) is 15.9. The molecule has 0 atom stereocenters. The molecule has 3 rings (SSSR count). The number of hydrogen-bond acceptors (Lipinski definition) is 6. The largest absolute Gasteiger partial charge is 0.483 e. The molecule has 8 nitrogen and oxygen atoms in total. The van der Waals surface area contributed by atoms with Crippen molar-refractivity contribution in [3.63, 3.8) is 0 Å². The summed E-state index contributed by atoms with van der Waals surface area (Å²) >= 11 is 0. The maximum absolute atomic E-state index is 12.3. The number of nitrogens with one attached hydrogen (secondary N) is 2. The van der Waals surface area contributed by atoms with Crippen molar-refractivity contribution in [2.75, 3.05) is 38.3 Å². The van der Waals surface area contributed by atoms with Gasteiger partial charge >= 0.3 is 0 Å². The second-order valence-electron chi connectivity index (χ2n) is 6.27. The van der Waals surface area contributed by atoms with E-state index in [4.69, 9.17) is 14.6 Å². The molecule has 0 radical (unpaired) electrons. The van der Waals surface area contributed by atoms with Gasteiger partial charge in [0.05, 0.1) is 43.3 Å². The molecule has 2 amide bonds. The van der Waals surface area contributed by atoms with Crippen LogP contribution in [0.15, 0.2) is 53.5 Å². The number of hydrogen-bond donors (Lipinski definition) is 3. The second kappa shape index (κ2) is 10.4. The number of benzene rings is 2. The van der Waals surface area contributed by atoms with Crippen LogP contribution in [-0.4, -0.2) is 55.6 Å². The number of carbonyl (C=O) groups is 2. The lowest BCUT2D eigenvalue weighted by Gasteiger charge is -2.12. The number of rotatable bonds is 9. The van der Waals surface area contributed by atoms with E-state index < -0.39 is 0 Å². The van der Waals surface area contributed by atoms with E-state index in [1.807, 2.05) is 30.3 Å². The van der Waals surface area contributed by atoms with Gasteiger partial charge in [-0.15, -0.1) is 0 Å². The third kappa shape index (κ3) is 5.87. The topological polar surface area (TPSA) is 109 Å². The highest BCUT2D eigenvalue weighted by molar-refractivity contribution is 6.17. The number of aliphatic imine (C=N–C) groups is 1. The summed E-state index contributed by atoms with van der Waals surface area (Å²) < 4.78 is 10.8. The lowest BCUT2D eigenvalue weighted by Crippen LogP contribution is -2.32. The van der Waals surface area contributed by atoms with Crippen LogP contribution in [0.5, 0.6) is 5.75 Å². The number of aliphatic hydroxyl groups is 1. The lowest BCUT2D eigenvalue weighted by molar-refractivity contribution is -0.123. The molecule has 3 N–H and O–H groups in total. The highest BCUT2D eigenvalue weighted by Gasteiger charge is 2.19. The van der Waals surface area contributed by atoms with Crippen molar-refractivity contribution in [2.45, 2.75) is 6.42 Å². The fourth-order valence-electron chi connectivity index (χ4n) is 2.82. The standard InChI is InChI=1S/C21H23N3O5/c25-10-12-28-11-9-22-21(27)14-29-19-8-4-1-5-15(19)18-13-20(26)24-17-7-3-2-6-16(17)23-18/h1-8,25H,9-14H2,(H,22,27)(H,24,26). The van der Waals surface area contributed by atoms with Gasteiger partial charge in [0.1, 0.15) is 5.75 Å². The van der Waals surface area contributed by atoms with Crippen LogP contribution in [0.25, 0.3) is 0 Å². The fourth-order valence-corrected chi connectivity index (χ4v) is 2.82. The third-order valence-electron chi connectivity index (χ3n) is 4.12. The van der Waals surface area contributed by atoms with E-state index in [0.29, 0.717) is 41.6 Å². The van der Waals surface area contributed by atoms with Gasteiger partial charge in [0.25, 0.3) is 5.91 Å². The molecule has 1 heterocycles. The van der Waals surface area contributed by atoms with Crippen LogP contribution in [-0.2, 0) is 14.3 Å². The molecule has 0 unspecified atom stereocenters. The van der Waals surface area contributed by atoms with Crippen LogP contribution < -0.4 is 15.4 Å². The highest BCUT2D eigenvalue weighted by Crippen LogP contribution is 2.30. The molecule has 0 spiro atoms. The molecule has 29 heavy (non-hydrogen) atoms. The molecule has 1 aliphatic heterocycles. The molecule has 152 valence electrons. The third-order valence-corrected chi connectivity index (χ3v) is 4.12. The Morgan fingerprint density at radius 2 is 1.93 bits per heavy atom. The minimum atomic E-state index is -0.293. The molecule has 0 saturated carbocycles. The summed E-state index contributed by atoms with van der Waals surface area (Å²) in [5, 5.41) is 14.2. The molecule has 8 heteroatoms. The van der Waals surface area contributed by atoms with E-state index in [1.165, 1.54) is 0 Å². The molecule has 2 aromatic rings. The van der Waals surface area contributed by atoms with E-state index in [0.717, 1.165) is 0 Å². The lowest BCUT2D eigenvalue weighted by atomic mass is 10.1. The molecular weight excluding hydrogens is 374 g/mol. The Morgan fingerprint density at radius 3 is 2.79 bits per heavy atom. The number of nitrogens with zero attached hydrogens (tertiary/aromatic N) is 1. The smallest absolute Gasteiger partial charge is 0.258 e. The Bertz CT molecular complexity index is 897. The Kier molecular flexibility index (Phi) is 7.32. The van der Waals surface area contributed by atoms with Crippen LogP contribution >= 0.6 is 0 Å². The first-order chi connectivity index (χ1) is 14.2. The maximum atomic E-state index is 12.3. The van der Waals surface area contributed by atoms with Gasteiger partial charge < -0.3 is 25.2 Å². The van der Waals surface area contributed by atoms with Crippen LogP contribution in [0, 0.1) is 0 Å². The van der Waals surface area contributed by atoms with Gasteiger partial charge in [0.15, 0.2) is 6.61 Å². The summed E-state index contributed by atoms with van der Waals surface area (Å²) in [6.07, 6.45) is 0.101. The molecule has 2 aromatic carbocycles. The second-order valence-corrected chi connectivity index (χ2v) is 6.27. The molecule has 0 bridgehead atoms. The predicted molar refractivity (Wildman–Crippen MR) is 109 cm³/mol. The zero-order chi connectivity index (χ0) is 20.5. The van der Waals surface area contributed by atoms with Crippen molar-refractivity contribution < 1.29 is 24.2 Å². The number of fused-ring (bicyclic) bond motifs is 1. The Labute approximate surface area is 168 Å². The highest BCUT2D eigenvalue weighted by atomic mass is 16.5. The van der Waals surface area contributed by atoms with Gasteiger partial charge in [-0.3, -0.25) is 9.59 Å². The molecule has 0 fully saturated rings. The van der Waals surface area contributed by atoms with E-state index >= 15 is 0 Å². The van der Waals surface area contributed by atoms with Crippen molar-refractivity contribution in [1.82, 2.24) is 5.32 Å². The number of carbonyl (C=O) groups excluding carboxylic acids is 2. The van der Waals surface area contributed by atoms with Crippen molar-refractivity contribution in [2.24, 2.45) is 4.99 Å². The van der Waals surface area contributed by atoms with Gasteiger partial charge in [-0.25, -0.2) is 4.99 Å². The molecular formula is C21H23N3O5. The van der Waals surface area contributed by atoms with Crippen LogP contribution in [0.2, 0.25) is 0 Å². The average Bonchev–Trinajstić information content (AvgIpc) is 2.90. The number of ether oxygens (including phenoxy) is 2. The van der Waals surface area contributed by atoms with Crippen molar-refractivity contribution >= 4 is 28.9 Å². The van der Waals surface area contributed by atoms with Crippen molar-refractivity contribution in [3.05, 3.63) is 54.1 Å². The van der Waals surface area contributed by atoms with E-state index in [2.05, 4.69) is 15.6 Å². The van der Waals surface area contributed by atoms with Crippen molar-refractivity contribution in [1.29, 1.82) is 0 Å². The van der Waals surface area contributed by atoms with E-state index in [9.17, 15) is 9.59 Å². The van der Waals surface area contributed by atoms with Crippen LogP contribution in [0.4, 0.5) is 11.4 Å². The Balaban J connectivity index is 1.68. The maximum Gasteiger partial charge on any atom is 0.258 e. The summed E-state index contributed by atoms with van der Waals surface area (Å²) in [5.41, 5.74) is 2.57. The first-order valence-electron chi connectivity index (χ1n) is 9.31. The van der Waals surface area contributed by atoms with Crippen LogP contribution in [0.1, 0.15) is 12.0 Å². The van der Waals surface area contributed by atoms with Gasteiger partial charge in [0, 0.05) is 12.1 Å². The fraction of sp³-hybridized carbons (Fsp3) is 0.286. The first kappa shape index (κ1) is 20.5. The van der Waals surface area contributed by atoms with Gasteiger partial charge in [-0.05, 0) is 24.3 Å².